The fourth-order valence-electron chi connectivity index (χ4n) is 5.48. The highest BCUT2D eigenvalue weighted by Crippen LogP contribution is 2.38. The normalized spacial score (nSPS) is 15.9. The Labute approximate surface area is 269 Å². The molecule has 0 bridgehead atoms. The summed E-state index contributed by atoms with van der Waals surface area (Å²) in [5.41, 5.74) is 5.51. The number of anilines is 2. The highest BCUT2D eigenvalue weighted by Gasteiger charge is 2.42. The van der Waals surface area contributed by atoms with E-state index in [1.54, 1.807) is 9.36 Å². The van der Waals surface area contributed by atoms with Crippen LogP contribution in [0.5, 0.6) is 0 Å². The molecular formula is C33H27Cl2N9O. The number of carbonyl (C=O) groups is 1. The van der Waals surface area contributed by atoms with E-state index >= 15 is 0 Å². The van der Waals surface area contributed by atoms with Crippen molar-refractivity contribution < 1.29 is 4.79 Å². The maximum absolute atomic E-state index is 13.3. The van der Waals surface area contributed by atoms with E-state index in [1.807, 2.05) is 116 Å². The van der Waals surface area contributed by atoms with E-state index in [2.05, 4.69) is 36.2 Å². The fourth-order valence-corrected chi connectivity index (χ4v) is 5.85. The molecule has 10 nitrogen and oxygen atoms in total. The minimum absolute atomic E-state index is 0.142. The van der Waals surface area contributed by atoms with E-state index in [-0.39, 0.29) is 5.91 Å². The summed E-state index contributed by atoms with van der Waals surface area (Å²) in [6.45, 7) is 2.88. The van der Waals surface area contributed by atoms with Crippen molar-refractivity contribution in [2.24, 2.45) is 0 Å². The van der Waals surface area contributed by atoms with Gasteiger partial charge in [0.15, 0.2) is 0 Å². The molecule has 0 radical (unpaired) electrons. The van der Waals surface area contributed by atoms with Crippen LogP contribution in [-0.4, -0.2) is 35.9 Å². The third-order valence-electron chi connectivity index (χ3n) is 7.80. The van der Waals surface area contributed by atoms with Crippen molar-refractivity contribution in [2.45, 2.75) is 25.7 Å². The SMILES string of the molecule is CC1(c2ccc(NCc3cn(-c4cccc(Cl)c4)nn3)cc2)NC(=O)c2ccccc2N1Cc1cn(-c2cccc(Cl)c2)nn1. The van der Waals surface area contributed by atoms with Gasteiger partial charge in [0.05, 0.1) is 48.1 Å². The lowest BCUT2D eigenvalue weighted by molar-refractivity contribution is 0.0885. The molecule has 12 heteroatoms. The lowest BCUT2D eigenvalue weighted by atomic mass is 9.93. The minimum atomic E-state index is -0.872. The van der Waals surface area contributed by atoms with Gasteiger partial charge < -0.3 is 15.5 Å². The molecule has 1 aliphatic heterocycles. The van der Waals surface area contributed by atoms with Gasteiger partial charge in [0.1, 0.15) is 17.1 Å². The van der Waals surface area contributed by atoms with Crippen molar-refractivity contribution in [1.82, 2.24) is 35.3 Å². The van der Waals surface area contributed by atoms with Crippen LogP contribution in [0.2, 0.25) is 10.0 Å². The number of fused-ring (bicyclic) bond motifs is 1. The highest BCUT2D eigenvalue weighted by molar-refractivity contribution is 6.31. The summed E-state index contributed by atoms with van der Waals surface area (Å²) < 4.78 is 3.39. The quantitative estimate of drug-likeness (QED) is 0.200. The molecule has 2 aromatic heterocycles. The topological polar surface area (TPSA) is 106 Å². The number of nitrogens with one attached hydrogen (secondary N) is 2. The van der Waals surface area contributed by atoms with Crippen LogP contribution in [-0.2, 0) is 18.8 Å². The first-order valence-corrected chi connectivity index (χ1v) is 15.0. The van der Waals surface area contributed by atoms with Crippen molar-refractivity contribution in [3.63, 3.8) is 0 Å². The number of amides is 1. The average molecular weight is 637 g/mol. The van der Waals surface area contributed by atoms with Gasteiger partial charge in [-0.1, -0.05) is 70.0 Å². The molecule has 0 aliphatic carbocycles. The lowest BCUT2D eigenvalue weighted by Crippen LogP contribution is -2.59. The molecule has 0 spiro atoms. The van der Waals surface area contributed by atoms with Crippen LogP contribution in [0.4, 0.5) is 11.4 Å². The highest BCUT2D eigenvalue weighted by atomic mass is 35.5. The number of para-hydroxylation sites is 1. The van der Waals surface area contributed by atoms with E-state index in [0.717, 1.165) is 39.7 Å². The van der Waals surface area contributed by atoms with Crippen molar-refractivity contribution >= 4 is 40.5 Å². The first-order chi connectivity index (χ1) is 21.9. The Bertz CT molecular complexity index is 2010. The molecule has 4 aromatic carbocycles. The number of carbonyl (C=O) groups excluding carboxylic acids is 1. The summed E-state index contributed by atoms with van der Waals surface area (Å²) in [6, 6.07) is 30.5. The van der Waals surface area contributed by atoms with E-state index in [9.17, 15) is 4.79 Å². The average Bonchev–Trinajstić information content (AvgIpc) is 3.73. The van der Waals surface area contributed by atoms with E-state index < -0.39 is 5.66 Å². The number of hydrogen-bond donors (Lipinski definition) is 2. The molecule has 0 fully saturated rings. The molecule has 2 N–H and O–H groups in total. The van der Waals surface area contributed by atoms with E-state index in [4.69, 9.17) is 23.2 Å². The molecule has 1 unspecified atom stereocenters. The molecule has 224 valence electrons. The molecule has 45 heavy (non-hydrogen) atoms. The number of halogens is 2. The van der Waals surface area contributed by atoms with Crippen molar-refractivity contribution in [3.8, 4) is 11.4 Å². The smallest absolute Gasteiger partial charge is 0.255 e. The van der Waals surface area contributed by atoms with Gasteiger partial charge in [0, 0.05) is 15.7 Å². The van der Waals surface area contributed by atoms with Gasteiger partial charge in [-0.3, -0.25) is 4.79 Å². The number of rotatable bonds is 8. The van der Waals surface area contributed by atoms with Crippen LogP contribution in [0.25, 0.3) is 11.4 Å². The second kappa shape index (κ2) is 11.7. The summed E-state index contributed by atoms with van der Waals surface area (Å²) >= 11 is 12.3. The third-order valence-corrected chi connectivity index (χ3v) is 8.27. The molecule has 1 atom stereocenters. The van der Waals surface area contributed by atoms with Crippen LogP contribution in [0.1, 0.15) is 34.2 Å². The number of aromatic nitrogens is 6. The molecule has 0 saturated carbocycles. The first-order valence-electron chi connectivity index (χ1n) is 14.2. The Kier molecular flexibility index (Phi) is 7.44. The van der Waals surface area contributed by atoms with Crippen LogP contribution in [0, 0.1) is 0 Å². The van der Waals surface area contributed by atoms with Gasteiger partial charge in [-0.25, -0.2) is 9.36 Å². The maximum atomic E-state index is 13.3. The molecule has 0 saturated heterocycles. The predicted octanol–water partition coefficient (Wildman–Crippen LogP) is 6.39. The van der Waals surface area contributed by atoms with Crippen molar-refractivity contribution in [1.29, 1.82) is 0 Å². The van der Waals surface area contributed by atoms with E-state index in [0.29, 0.717) is 28.7 Å². The monoisotopic (exact) mass is 635 g/mol. The molecule has 1 aliphatic rings. The Morgan fingerprint density at radius 1 is 0.778 bits per heavy atom. The minimum Gasteiger partial charge on any atom is -0.379 e. The van der Waals surface area contributed by atoms with Gasteiger partial charge in [0.2, 0.25) is 0 Å². The third kappa shape index (κ3) is 5.73. The van der Waals surface area contributed by atoms with Gasteiger partial charge in [-0.05, 0) is 73.2 Å². The lowest BCUT2D eigenvalue weighted by Gasteiger charge is -2.47. The zero-order valence-corrected chi connectivity index (χ0v) is 25.6. The molecule has 6 aromatic rings. The molecule has 1 amide bonds. The fraction of sp³-hybridized carbons (Fsp3) is 0.121. The Morgan fingerprint density at radius 3 is 2.07 bits per heavy atom. The second-order valence-electron chi connectivity index (χ2n) is 10.8. The summed E-state index contributed by atoms with van der Waals surface area (Å²) in [7, 11) is 0. The van der Waals surface area contributed by atoms with Crippen molar-refractivity contribution in [2.75, 3.05) is 10.2 Å². The summed E-state index contributed by atoms with van der Waals surface area (Å²) in [6.07, 6.45) is 3.74. The van der Waals surface area contributed by atoms with Crippen LogP contribution in [0.3, 0.4) is 0 Å². The zero-order valence-electron chi connectivity index (χ0n) is 24.1. The van der Waals surface area contributed by atoms with Gasteiger partial charge in [-0.2, -0.15) is 0 Å². The zero-order chi connectivity index (χ0) is 31.0. The second-order valence-corrected chi connectivity index (χ2v) is 11.7. The van der Waals surface area contributed by atoms with Crippen molar-refractivity contribution in [3.05, 3.63) is 142 Å². The first kappa shape index (κ1) is 28.6. The van der Waals surface area contributed by atoms with E-state index in [1.165, 1.54) is 0 Å². The predicted molar refractivity (Wildman–Crippen MR) is 174 cm³/mol. The van der Waals surface area contributed by atoms with Crippen LogP contribution < -0.4 is 15.5 Å². The van der Waals surface area contributed by atoms with Crippen LogP contribution >= 0.6 is 23.2 Å². The van der Waals surface area contributed by atoms with Gasteiger partial charge >= 0.3 is 0 Å². The van der Waals surface area contributed by atoms with Gasteiger partial charge in [0.25, 0.3) is 5.91 Å². The summed E-state index contributed by atoms with van der Waals surface area (Å²) in [5.74, 6) is -0.142. The Morgan fingerprint density at radius 2 is 1.40 bits per heavy atom. The largest absolute Gasteiger partial charge is 0.379 e. The Hall–Kier alpha value is -5.19. The molecule has 7 rings (SSSR count). The van der Waals surface area contributed by atoms with Gasteiger partial charge in [-0.15, -0.1) is 10.2 Å². The Balaban J connectivity index is 1.12. The summed E-state index contributed by atoms with van der Waals surface area (Å²) in [4.78, 5) is 15.5. The number of nitrogens with zero attached hydrogens (tertiary/aromatic N) is 7. The maximum Gasteiger partial charge on any atom is 0.255 e. The molecular weight excluding hydrogens is 609 g/mol. The number of benzene rings is 4. The summed E-state index contributed by atoms with van der Waals surface area (Å²) in [5, 5.41) is 25.2. The molecule has 3 heterocycles. The van der Waals surface area contributed by atoms with Crippen LogP contribution in [0.15, 0.2) is 109 Å². The standard InChI is InChI=1S/C33H27Cl2N9O/c1-33(22-12-14-25(15-13-22)36-18-26-20-43(40-38-26)28-8-4-6-23(34)16-28)37-32(45)30-10-2-3-11-31(30)42(33)19-27-21-44(41-39-27)29-9-5-7-24(35)17-29/h2-17,20-21,36H,18-19H2,1H3,(H,37,45). The number of hydrogen-bond acceptors (Lipinski definition) is 7.